The minimum absolute atomic E-state index is 0.0488. The molecular weight excluding hydrogens is 182 g/mol. The number of hydrogen-bond acceptors (Lipinski definition) is 3. The molecule has 2 rings (SSSR count). The lowest BCUT2D eigenvalue weighted by atomic mass is 10.4. The van der Waals surface area contributed by atoms with Crippen LogP contribution >= 0.6 is 0 Å². The Labute approximate surface area is 79.6 Å². The van der Waals surface area contributed by atoms with E-state index in [1.54, 1.807) is 25.4 Å². The molecule has 0 aliphatic carbocycles. The summed E-state index contributed by atoms with van der Waals surface area (Å²) in [5.41, 5.74) is 1.07. The van der Waals surface area contributed by atoms with Gasteiger partial charge in [-0.2, -0.15) is 0 Å². The molecule has 14 heavy (non-hydrogen) atoms. The number of aromatic nitrogens is 3. The summed E-state index contributed by atoms with van der Waals surface area (Å²) in [6, 6.07) is 3.55. The van der Waals surface area contributed by atoms with Crippen molar-refractivity contribution in [3.8, 4) is 0 Å². The molecule has 5 nitrogen and oxygen atoms in total. The molecule has 0 atom stereocenters. The Morgan fingerprint density at radius 1 is 1.57 bits per heavy atom. The molecule has 2 aromatic heterocycles. The van der Waals surface area contributed by atoms with Gasteiger partial charge in [0.25, 0.3) is 0 Å². The largest absolute Gasteiger partial charge is 0.330 e. The van der Waals surface area contributed by atoms with Crippen molar-refractivity contribution in [3.63, 3.8) is 0 Å². The number of carbonyl (C=O) groups is 1. The van der Waals surface area contributed by atoms with Crippen LogP contribution in [-0.2, 0) is 18.4 Å². The molecular formula is C9H9N3O2. The van der Waals surface area contributed by atoms with Crippen LogP contribution < -0.4 is 5.69 Å². The third-order valence-corrected chi connectivity index (χ3v) is 2.16. The SMILES string of the molecule is Cn1c(=O)n(CC=O)c2ncccc21. The van der Waals surface area contributed by atoms with E-state index in [1.807, 2.05) is 0 Å². The van der Waals surface area contributed by atoms with E-state index in [0.29, 0.717) is 11.9 Å². The van der Waals surface area contributed by atoms with Crippen molar-refractivity contribution in [2.24, 2.45) is 7.05 Å². The van der Waals surface area contributed by atoms with E-state index in [0.717, 1.165) is 5.52 Å². The van der Waals surface area contributed by atoms with Gasteiger partial charge in [0.2, 0.25) is 0 Å². The fraction of sp³-hybridized carbons (Fsp3) is 0.222. The van der Waals surface area contributed by atoms with E-state index < -0.39 is 0 Å². The number of hydrogen-bond donors (Lipinski definition) is 0. The number of carbonyl (C=O) groups excluding carboxylic acids is 1. The highest BCUT2D eigenvalue weighted by Gasteiger charge is 2.09. The monoisotopic (exact) mass is 191 g/mol. The molecule has 0 aliphatic rings. The molecule has 2 heterocycles. The summed E-state index contributed by atoms with van der Waals surface area (Å²) in [6.45, 7) is 0.0488. The predicted octanol–water partition coefficient (Wildman–Crippen LogP) is -0.0661. The lowest BCUT2D eigenvalue weighted by molar-refractivity contribution is -0.108. The van der Waals surface area contributed by atoms with Crippen LogP contribution in [0.3, 0.4) is 0 Å². The maximum Gasteiger partial charge on any atom is 0.330 e. The molecule has 0 fully saturated rings. The van der Waals surface area contributed by atoms with Crippen LogP contribution in [0, 0.1) is 0 Å². The van der Waals surface area contributed by atoms with Gasteiger partial charge in [0.15, 0.2) is 5.65 Å². The van der Waals surface area contributed by atoms with Crippen LogP contribution in [0.4, 0.5) is 0 Å². The highest BCUT2D eigenvalue weighted by atomic mass is 16.2. The lowest BCUT2D eigenvalue weighted by Gasteiger charge is -1.93. The van der Waals surface area contributed by atoms with Crippen LogP contribution in [0.15, 0.2) is 23.1 Å². The fourth-order valence-electron chi connectivity index (χ4n) is 1.47. The van der Waals surface area contributed by atoms with Gasteiger partial charge in [-0.15, -0.1) is 0 Å². The number of nitrogens with zero attached hydrogens (tertiary/aromatic N) is 3. The van der Waals surface area contributed by atoms with Crippen molar-refractivity contribution in [1.29, 1.82) is 0 Å². The molecule has 0 N–H and O–H groups in total. The van der Waals surface area contributed by atoms with Gasteiger partial charge < -0.3 is 4.79 Å². The summed E-state index contributed by atoms with van der Waals surface area (Å²) in [5.74, 6) is 0. The van der Waals surface area contributed by atoms with Crippen molar-refractivity contribution in [1.82, 2.24) is 14.1 Å². The van der Waals surface area contributed by atoms with E-state index in [4.69, 9.17) is 0 Å². The number of rotatable bonds is 2. The normalized spacial score (nSPS) is 10.6. The first-order valence-electron chi connectivity index (χ1n) is 4.19. The summed E-state index contributed by atoms with van der Waals surface area (Å²) < 4.78 is 2.83. The number of aldehydes is 1. The third kappa shape index (κ3) is 1.06. The molecule has 0 bridgehead atoms. The standard InChI is InChI=1S/C9H9N3O2/c1-11-7-3-2-4-10-8(7)12(5-6-13)9(11)14/h2-4,6H,5H2,1H3. The van der Waals surface area contributed by atoms with Crippen LogP contribution in [0.5, 0.6) is 0 Å². The van der Waals surface area contributed by atoms with Crippen molar-refractivity contribution >= 4 is 17.5 Å². The Kier molecular flexibility index (Phi) is 1.92. The Bertz CT molecular complexity index is 538. The van der Waals surface area contributed by atoms with E-state index in [9.17, 15) is 9.59 Å². The smallest absolute Gasteiger partial charge is 0.301 e. The molecule has 0 spiro atoms. The second kappa shape index (κ2) is 3.10. The molecule has 72 valence electrons. The van der Waals surface area contributed by atoms with Crippen molar-refractivity contribution < 1.29 is 4.79 Å². The molecule has 0 aliphatic heterocycles. The zero-order valence-electron chi connectivity index (χ0n) is 7.67. The molecule has 0 saturated heterocycles. The van der Waals surface area contributed by atoms with Gasteiger partial charge in [0.1, 0.15) is 6.29 Å². The average molecular weight is 191 g/mol. The first-order chi connectivity index (χ1) is 6.75. The minimum atomic E-state index is -0.217. The average Bonchev–Trinajstić information content (AvgIpc) is 2.45. The third-order valence-electron chi connectivity index (χ3n) is 2.16. The maximum absolute atomic E-state index is 11.6. The number of pyridine rings is 1. The molecule has 0 radical (unpaired) electrons. The van der Waals surface area contributed by atoms with Crippen LogP contribution in [0.2, 0.25) is 0 Å². The van der Waals surface area contributed by atoms with Crippen LogP contribution in [-0.4, -0.2) is 20.4 Å². The molecule has 2 aromatic rings. The van der Waals surface area contributed by atoms with E-state index in [1.165, 1.54) is 9.13 Å². The van der Waals surface area contributed by atoms with Crippen LogP contribution in [0.1, 0.15) is 0 Å². The van der Waals surface area contributed by atoms with Crippen molar-refractivity contribution in [3.05, 3.63) is 28.8 Å². The van der Waals surface area contributed by atoms with Gasteiger partial charge in [-0.25, -0.2) is 9.78 Å². The second-order valence-electron chi connectivity index (χ2n) is 2.96. The highest BCUT2D eigenvalue weighted by Crippen LogP contribution is 2.07. The number of fused-ring (bicyclic) bond motifs is 1. The minimum Gasteiger partial charge on any atom is -0.301 e. The summed E-state index contributed by atoms with van der Waals surface area (Å²) >= 11 is 0. The second-order valence-corrected chi connectivity index (χ2v) is 2.96. The maximum atomic E-state index is 11.6. The fourth-order valence-corrected chi connectivity index (χ4v) is 1.47. The van der Waals surface area contributed by atoms with Gasteiger partial charge in [-0.05, 0) is 12.1 Å². The molecule has 5 heteroatoms. The van der Waals surface area contributed by atoms with Gasteiger partial charge >= 0.3 is 5.69 Å². The summed E-state index contributed by atoms with van der Waals surface area (Å²) in [4.78, 5) is 26.1. The summed E-state index contributed by atoms with van der Waals surface area (Å²) in [6.07, 6.45) is 2.29. The topological polar surface area (TPSA) is 56.9 Å². The van der Waals surface area contributed by atoms with Crippen molar-refractivity contribution in [2.45, 2.75) is 6.54 Å². The van der Waals surface area contributed by atoms with Gasteiger partial charge in [-0.3, -0.25) is 9.13 Å². The number of aryl methyl sites for hydroxylation is 1. The molecule has 0 amide bonds. The highest BCUT2D eigenvalue weighted by molar-refractivity contribution is 5.72. The summed E-state index contributed by atoms with van der Waals surface area (Å²) in [7, 11) is 1.66. The lowest BCUT2D eigenvalue weighted by Crippen LogP contribution is -2.22. The van der Waals surface area contributed by atoms with E-state index in [2.05, 4.69) is 4.98 Å². The Morgan fingerprint density at radius 3 is 3.07 bits per heavy atom. The molecule has 0 saturated carbocycles. The van der Waals surface area contributed by atoms with Crippen LogP contribution in [0.25, 0.3) is 11.2 Å². The first kappa shape index (κ1) is 8.68. The molecule has 0 aromatic carbocycles. The quantitative estimate of drug-likeness (QED) is 0.624. The van der Waals surface area contributed by atoms with E-state index >= 15 is 0 Å². The zero-order valence-corrected chi connectivity index (χ0v) is 7.67. The Balaban J connectivity index is 2.87. The first-order valence-corrected chi connectivity index (χ1v) is 4.19. The van der Waals surface area contributed by atoms with Gasteiger partial charge in [-0.1, -0.05) is 0 Å². The number of imidazole rings is 1. The molecule has 0 unspecified atom stereocenters. The van der Waals surface area contributed by atoms with E-state index in [-0.39, 0.29) is 12.2 Å². The zero-order chi connectivity index (χ0) is 10.1. The summed E-state index contributed by atoms with van der Waals surface area (Å²) in [5, 5.41) is 0. The van der Waals surface area contributed by atoms with Gasteiger partial charge in [0.05, 0.1) is 12.1 Å². The predicted molar refractivity (Wildman–Crippen MR) is 51.0 cm³/mol. The van der Waals surface area contributed by atoms with Gasteiger partial charge in [0, 0.05) is 13.2 Å². The van der Waals surface area contributed by atoms with Crippen molar-refractivity contribution in [2.75, 3.05) is 0 Å². The Hall–Kier alpha value is -1.91. The Morgan fingerprint density at radius 2 is 2.36 bits per heavy atom.